The molecule has 1 N–H and O–H groups in total. The lowest BCUT2D eigenvalue weighted by atomic mass is 9.51. The maximum absolute atomic E-state index is 12.6. The van der Waals surface area contributed by atoms with Crippen LogP contribution in [0.25, 0.3) is 0 Å². The molecule has 4 saturated carbocycles. The fourth-order valence-corrected chi connectivity index (χ4v) is 5.47. The maximum atomic E-state index is 12.6. The molecule has 4 bridgehead atoms. The van der Waals surface area contributed by atoms with Gasteiger partial charge < -0.3 is 5.32 Å². The third-order valence-electron chi connectivity index (χ3n) is 5.69. The summed E-state index contributed by atoms with van der Waals surface area (Å²) in [4.78, 5) is 12.6. The minimum atomic E-state index is 0.335. The first kappa shape index (κ1) is 13.9. The molecule has 4 aliphatic carbocycles. The summed E-state index contributed by atoms with van der Waals surface area (Å²) < 4.78 is 0. The highest BCUT2D eigenvalue weighted by Crippen LogP contribution is 2.56. The molecular weight excluding hydrogens is 302 g/mol. The van der Waals surface area contributed by atoms with Crippen LogP contribution < -0.4 is 5.32 Å². The van der Waals surface area contributed by atoms with Gasteiger partial charge in [-0.1, -0.05) is 15.9 Å². The number of carbonyl (C=O) groups excluding carboxylic acids is 1. The quantitative estimate of drug-likeness (QED) is 0.766. The van der Waals surface area contributed by atoms with E-state index in [0.717, 1.165) is 30.0 Å². The third kappa shape index (κ3) is 2.86. The van der Waals surface area contributed by atoms with Crippen molar-refractivity contribution in [2.75, 3.05) is 5.33 Å². The van der Waals surface area contributed by atoms with Gasteiger partial charge in [-0.3, -0.25) is 4.79 Å². The van der Waals surface area contributed by atoms with Gasteiger partial charge in [-0.15, -0.1) is 0 Å². The molecule has 0 aromatic heterocycles. The normalized spacial score (nSPS) is 41.3. The average molecular weight is 328 g/mol. The molecule has 0 heterocycles. The SMILES string of the molecule is CC(CCCBr)NC(=O)C1C2CC3CC(C2)CC1C3. The summed E-state index contributed by atoms with van der Waals surface area (Å²) in [6.07, 6.45) is 9.03. The van der Waals surface area contributed by atoms with Crippen LogP contribution in [-0.2, 0) is 4.79 Å². The van der Waals surface area contributed by atoms with E-state index in [1.54, 1.807) is 0 Å². The highest BCUT2D eigenvalue weighted by Gasteiger charge is 2.50. The van der Waals surface area contributed by atoms with E-state index in [2.05, 4.69) is 28.2 Å². The van der Waals surface area contributed by atoms with Crippen molar-refractivity contribution in [2.24, 2.45) is 29.6 Å². The van der Waals surface area contributed by atoms with Crippen molar-refractivity contribution in [3.8, 4) is 0 Å². The monoisotopic (exact) mass is 327 g/mol. The van der Waals surface area contributed by atoms with Gasteiger partial charge in [-0.05, 0) is 75.5 Å². The molecule has 4 aliphatic rings. The minimum Gasteiger partial charge on any atom is -0.353 e. The summed E-state index contributed by atoms with van der Waals surface area (Å²) in [6.45, 7) is 2.15. The molecule has 0 aromatic carbocycles. The van der Waals surface area contributed by atoms with Gasteiger partial charge >= 0.3 is 0 Å². The topological polar surface area (TPSA) is 29.1 Å². The Bertz CT molecular complexity index is 316. The molecule has 3 heteroatoms. The lowest BCUT2D eigenvalue weighted by Gasteiger charge is -2.53. The standard InChI is InChI=1S/C16H26BrNO/c1-10(3-2-4-17)18-16(19)15-13-6-11-5-12(8-13)9-14(15)7-11/h10-15H,2-9H2,1H3,(H,18,19). The van der Waals surface area contributed by atoms with Gasteiger partial charge in [-0.25, -0.2) is 0 Å². The smallest absolute Gasteiger partial charge is 0.223 e. The number of hydrogen-bond acceptors (Lipinski definition) is 1. The predicted molar refractivity (Wildman–Crippen MR) is 81.2 cm³/mol. The lowest BCUT2D eigenvalue weighted by Crippen LogP contribution is -2.52. The second-order valence-electron chi connectivity index (χ2n) is 7.20. The molecule has 4 rings (SSSR count). The Hall–Kier alpha value is -0.0500. The summed E-state index contributed by atoms with van der Waals surface area (Å²) >= 11 is 3.46. The summed E-state index contributed by atoms with van der Waals surface area (Å²) in [5.74, 6) is 4.05. The first-order valence-corrected chi connectivity index (χ1v) is 9.15. The predicted octanol–water partition coefficient (Wildman–Crippen LogP) is 3.74. The number of nitrogens with one attached hydrogen (secondary N) is 1. The van der Waals surface area contributed by atoms with Crippen LogP contribution in [0, 0.1) is 29.6 Å². The zero-order valence-corrected chi connectivity index (χ0v) is 13.5. The summed E-state index contributed by atoms with van der Waals surface area (Å²) in [5.41, 5.74) is 0. The number of rotatable bonds is 5. The van der Waals surface area contributed by atoms with Crippen molar-refractivity contribution in [3.05, 3.63) is 0 Å². The van der Waals surface area contributed by atoms with Crippen LogP contribution in [0.1, 0.15) is 51.9 Å². The summed E-state index contributed by atoms with van der Waals surface area (Å²) in [5, 5.41) is 4.32. The molecule has 4 fully saturated rings. The third-order valence-corrected chi connectivity index (χ3v) is 6.25. The molecule has 2 nitrogen and oxygen atoms in total. The minimum absolute atomic E-state index is 0.335. The molecule has 0 aliphatic heterocycles. The highest BCUT2D eigenvalue weighted by molar-refractivity contribution is 9.09. The highest BCUT2D eigenvalue weighted by atomic mass is 79.9. The van der Waals surface area contributed by atoms with E-state index in [0.29, 0.717) is 29.7 Å². The Kier molecular flexibility index (Phi) is 4.21. The van der Waals surface area contributed by atoms with Gasteiger partial charge in [0.1, 0.15) is 0 Å². The molecule has 1 unspecified atom stereocenters. The Balaban J connectivity index is 1.58. The maximum Gasteiger partial charge on any atom is 0.223 e. The lowest BCUT2D eigenvalue weighted by molar-refractivity contribution is -0.138. The zero-order chi connectivity index (χ0) is 13.4. The molecule has 1 atom stereocenters. The number of alkyl halides is 1. The fourth-order valence-electron chi connectivity index (χ4n) is 5.15. The number of halogens is 1. The first-order chi connectivity index (χ1) is 9.17. The summed E-state index contributed by atoms with van der Waals surface area (Å²) in [7, 11) is 0. The second kappa shape index (κ2) is 5.75. The van der Waals surface area contributed by atoms with Crippen LogP contribution in [-0.4, -0.2) is 17.3 Å². The molecule has 1 amide bonds. The van der Waals surface area contributed by atoms with Gasteiger partial charge in [0.05, 0.1) is 0 Å². The van der Waals surface area contributed by atoms with Gasteiger partial charge in [0.2, 0.25) is 5.91 Å². The molecule has 0 radical (unpaired) electrons. The van der Waals surface area contributed by atoms with Crippen molar-refractivity contribution in [1.82, 2.24) is 5.32 Å². The number of hydrogen-bond donors (Lipinski definition) is 1. The molecule has 0 saturated heterocycles. The Morgan fingerprint density at radius 1 is 1.16 bits per heavy atom. The van der Waals surface area contributed by atoms with E-state index in [9.17, 15) is 4.79 Å². The van der Waals surface area contributed by atoms with E-state index in [-0.39, 0.29) is 0 Å². The molecule has 0 spiro atoms. The molecular formula is C16H26BrNO. The molecule has 0 aromatic rings. The number of amides is 1. The van der Waals surface area contributed by atoms with E-state index in [1.165, 1.54) is 32.1 Å². The van der Waals surface area contributed by atoms with Gasteiger partial charge in [-0.2, -0.15) is 0 Å². The van der Waals surface area contributed by atoms with Crippen LogP contribution in [0.3, 0.4) is 0 Å². The van der Waals surface area contributed by atoms with Crippen molar-refractivity contribution in [1.29, 1.82) is 0 Å². The van der Waals surface area contributed by atoms with Crippen molar-refractivity contribution >= 4 is 21.8 Å². The van der Waals surface area contributed by atoms with Crippen molar-refractivity contribution in [2.45, 2.75) is 57.9 Å². The largest absolute Gasteiger partial charge is 0.353 e. The van der Waals surface area contributed by atoms with E-state index >= 15 is 0 Å². The van der Waals surface area contributed by atoms with Crippen LogP contribution in [0.2, 0.25) is 0 Å². The van der Waals surface area contributed by atoms with E-state index in [1.807, 2.05) is 0 Å². The summed E-state index contributed by atoms with van der Waals surface area (Å²) in [6, 6.07) is 0.335. The van der Waals surface area contributed by atoms with Crippen LogP contribution in [0.15, 0.2) is 0 Å². The zero-order valence-electron chi connectivity index (χ0n) is 11.9. The first-order valence-electron chi connectivity index (χ1n) is 8.03. The Morgan fingerprint density at radius 3 is 2.26 bits per heavy atom. The van der Waals surface area contributed by atoms with Crippen molar-refractivity contribution < 1.29 is 4.79 Å². The van der Waals surface area contributed by atoms with E-state index in [4.69, 9.17) is 0 Å². The molecule has 19 heavy (non-hydrogen) atoms. The fraction of sp³-hybridized carbons (Fsp3) is 0.938. The molecule has 108 valence electrons. The van der Waals surface area contributed by atoms with Gasteiger partial charge in [0.25, 0.3) is 0 Å². The van der Waals surface area contributed by atoms with Gasteiger partial charge in [0.15, 0.2) is 0 Å². The van der Waals surface area contributed by atoms with Gasteiger partial charge in [0, 0.05) is 17.3 Å². The Labute approximate surface area is 125 Å². The second-order valence-corrected chi connectivity index (χ2v) is 7.99. The van der Waals surface area contributed by atoms with Crippen molar-refractivity contribution in [3.63, 3.8) is 0 Å². The van der Waals surface area contributed by atoms with Crippen LogP contribution in [0.5, 0.6) is 0 Å². The van der Waals surface area contributed by atoms with Crippen LogP contribution in [0.4, 0.5) is 0 Å². The van der Waals surface area contributed by atoms with E-state index < -0.39 is 0 Å². The van der Waals surface area contributed by atoms with Crippen LogP contribution >= 0.6 is 15.9 Å². The Morgan fingerprint density at radius 2 is 1.74 bits per heavy atom. The average Bonchev–Trinajstić information content (AvgIpc) is 2.35. The number of carbonyl (C=O) groups is 1.